The Hall–Kier alpha value is -1.65. The summed E-state index contributed by atoms with van der Waals surface area (Å²) >= 11 is 6.05. The van der Waals surface area contributed by atoms with Crippen molar-refractivity contribution in [2.45, 2.75) is 51.6 Å². The van der Waals surface area contributed by atoms with E-state index in [1.54, 1.807) is 4.68 Å². The number of fused-ring (bicyclic) bond motifs is 1. The molecule has 0 radical (unpaired) electrons. The van der Waals surface area contributed by atoms with Crippen molar-refractivity contribution < 1.29 is 0 Å². The van der Waals surface area contributed by atoms with Crippen LogP contribution in [0.3, 0.4) is 0 Å². The molecule has 1 fully saturated rings. The monoisotopic (exact) mass is 357 g/mol. The molecule has 2 aromatic rings. The summed E-state index contributed by atoms with van der Waals surface area (Å²) in [5, 5.41) is 5.52. The van der Waals surface area contributed by atoms with Crippen molar-refractivity contribution in [1.82, 2.24) is 14.7 Å². The van der Waals surface area contributed by atoms with Crippen LogP contribution in [0.1, 0.15) is 43.2 Å². The quantitative estimate of drug-likeness (QED) is 0.836. The fourth-order valence-corrected chi connectivity index (χ4v) is 4.14. The molecule has 0 N–H and O–H groups in total. The lowest BCUT2D eigenvalue weighted by molar-refractivity contribution is 0.169. The molecule has 132 valence electrons. The highest BCUT2D eigenvalue weighted by Gasteiger charge is 2.22. The lowest BCUT2D eigenvalue weighted by atomic mass is 9.90. The van der Waals surface area contributed by atoms with Gasteiger partial charge >= 0.3 is 0 Å². The molecule has 0 amide bonds. The summed E-state index contributed by atoms with van der Waals surface area (Å²) in [5.41, 5.74) is 4.24. The van der Waals surface area contributed by atoms with Crippen molar-refractivity contribution in [1.29, 1.82) is 0 Å². The predicted octanol–water partition coefficient (Wildman–Crippen LogP) is 3.89. The fourth-order valence-electron chi connectivity index (χ4n) is 4.01. The maximum absolute atomic E-state index is 13.0. The van der Waals surface area contributed by atoms with Gasteiger partial charge in [-0.3, -0.25) is 9.69 Å². The first kappa shape index (κ1) is 16.8. The van der Waals surface area contributed by atoms with E-state index >= 15 is 0 Å². The highest BCUT2D eigenvalue weighted by atomic mass is 35.5. The van der Waals surface area contributed by atoms with Gasteiger partial charge in [0.2, 0.25) is 0 Å². The van der Waals surface area contributed by atoms with Crippen LogP contribution in [0.25, 0.3) is 11.3 Å². The van der Waals surface area contributed by atoms with Gasteiger partial charge in [-0.1, -0.05) is 30.2 Å². The molecule has 4 nitrogen and oxygen atoms in total. The molecule has 0 unspecified atom stereocenters. The van der Waals surface area contributed by atoms with Gasteiger partial charge < -0.3 is 0 Å². The Morgan fingerprint density at radius 3 is 2.32 bits per heavy atom. The third kappa shape index (κ3) is 3.51. The Balaban J connectivity index is 1.77. The molecule has 2 aliphatic rings. The number of nitrogens with zero attached hydrogens (tertiary/aromatic N) is 3. The van der Waals surface area contributed by atoms with Gasteiger partial charge in [0.05, 0.1) is 12.4 Å². The number of piperidine rings is 1. The molecular weight excluding hydrogens is 334 g/mol. The second-order valence-electron chi connectivity index (χ2n) is 7.14. The van der Waals surface area contributed by atoms with Crippen LogP contribution in [-0.4, -0.2) is 27.8 Å². The smallest absolute Gasteiger partial charge is 0.271 e. The highest BCUT2D eigenvalue weighted by Crippen LogP contribution is 2.29. The molecule has 2 heterocycles. The lowest BCUT2D eigenvalue weighted by Crippen LogP contribution is -2.39. The van der Waals surface area contributed by atoms with E-state index in [9.17, 15) is 4.79 Å². The van der Waals surface area contributed by atoms with Crippen LogP contribution >= 0.6 is 11.6 Å². The van der Waals surface area contributed by atoms with Crippen molar-refractivity contribution >= 4 is 11.6 Å². The van der Waals surface area contributed by atoms with E-state index in [-0.39, 0.29) is 5.56 Å². The van der Waals surface area contributed by atoms with Crippen LogP contribution in [0.15, 0.2) is 29.1 Å². The first-order valence-corrected chi connectivity index (χ1v) is 9.71. The minimum atomic E-state index is 0.109. The summed E-state index contributed by atoms with van der Waals surface area (Å²) in [6.07, 6.45) is 7.75. The third-order valence-corrected chi connectivity index (χ3v) is 5.62. The molecule has 1 aliphatic carbocycles. The van der Waals surface area contributed by atoms with E-state index in [1.807, 2.05) is 24.3 Å². The average Bonchev–Trinajstić information content (AvgIpc) is 2.66. The second-order valence-corrected chi connectivity index (χ2v) is 7.58. The molecular formula is C20H24ClN3O. The van der Waals surface area contributed by atoms with Gasteiger partial charge in [-0.25, -0.2) is 4.68 Å². The van der Waals surface area contributed by atoms with Crippen molar-refractivity contribution in [2.75, 3.05) is 13.1 Å². The molecule has 1 aliphatic heterocycles. The van der Waals surface area contributed by atoms with Gasteiger partial charge in [-0.05, 0) is 69.3 Å². The lowest BCUT2D eigenvalue weighted by Gasteiger charge is -2.28. The molecule has 1 saturated heterocycles. The first-order chi connectivity index (χ1) is 12.2. The van der Waals surface area contributed by atoms with Crippen LogP contribution in [0, 0.1) is 0 Å². The van der Waals surface area contributed by atoms with Gasteiger partial charge in [0.15, 0.2) is 0 Å². The summed E-state index contributed by atoms with van der Waals surface area (Å²) in [6.45, 7) is 2.72. The number of rotatable bonds is 3. The Morgan fingerprint density at radius 2 is 1.60 bits per heavy atom. The number of benzene rings is 1. The zero-order valence-corrected chi connectivity index (χ0v) is 15.3. The van der Waals surface area contributed by atoms with Crippen molar-refractivity contribution in [3.8, 4) is 11.3 Å². The average molecular weight is 358 g/mol. The summed E-state index contributed by atoms with van der Waals surface area (Å²) in [4.78, 5) is 15.3. The first-order valence-electron chi connectivity index (χ1n) is 9.33. The molecule has 0 spiro atoms. The molecule has 0 bridgehead atoms. The molecule has 25 heavy (non-hydrogen) atoms. The SMILES string of the molecule is O=c1c2c(c(-c3ccc(Cl)cc3)nn1CN1CCCCC1)CCCC2. The number of likely N-dealkylation sites (tertiary alicyclic amines) is 1. The van der Waals surface area contributed by atoms with E-state index in [4.69, 9.17) is 16.7 Å². The van der Waals surface area contributed by atoms with Crippen molar-refractivity contribution in [3.63, 3.8) is 0 Å². The molecule has 0 atom stereocenters. The standard InChI is InChI=1S/C20H24ClN3O/c21-16-10-8-15(9-11-16)19-17-6-2-3-7-18(17)20(25)24(22-19)14-23-12-4-1-5-13-23/h8-11H,1-7,12-14H2. The number of halogens is 1. The largest absolute Gasteiger partial charge is 0.284 e. The fraction of sp³-hybridized carbons (Fsp3) is 0.500. The van der Waals surface area contributed by atoms with Crippen molar-refractivity contribution in [2.24, 2.45) is 0 Å². The van der Waals surface area contributed by atoms with Gasteiger partial charge in [0.25, 0.3) is 5.56 Å². The van der Waals surface area contributed by atoms with Crippen LogP contribution in [-0.2, 0) is 19.5 Å². The number of hydrogen-bond donors (Lipinski definition) is 0. The van der Waals surface area contributed by atoms with Gasteiger partial charge in [0.1, 0.15) is 0 Å². The second kappa shape index (κ2) is 7.30. The molecule has 1 aromatic heterocycles. The minimum Gasteiger partial charge on any atom is -0.284 e. The van der Waals surface area contributed by atoms with Gasteiger partial charge in [-0.2, -0.15) is 5.10 Å². The van der Waals surface area contributed by atoms with E-state index in [0.29, 0.717) is 6.67 Å². The van der Waals surface area contributed by atoms with Gasteiger partial charge in [-0.15, -0.1) is 0 Å². The zero-order chi connectivity index (χ0) is 17.2. The molecule has 5 heteroatoms. The van der Waals surface area contributed by atoms with E-state index < -0.39 is 0 Å². The van der Waals surface area contributed by atoms with Crippen LogP contribution < -0.4 is 5.56 Å². The van der Waals surface area contributed by atoms with E-state index in [2.05, 4.69) is 4.90 Å². The summed E-state index contributed by atoms with van der Waals surface area (Å²) in [7, 11) is 0. The molecule has 0 saturated carbocycles. The van der Waals surface area contributed by atoms with E-state index in [1.165, 1.54) is 19.3 Å². The predicted molar refractivity (Wildman–Crippen MR) is 101 cm³/mol. The summed E-state index contributed by atoms with van der Waals surface area (Å²) in [5.74, 6) is 0. The topological polar surface area (TPSA) is 38.1 Å². The minimum absolute atomic E-state index is 0.109. The Labute approximate surface area is 153 Å². The maximum Gasteiger partial charge on any atom is 0.271 e. The van der Waals surface area contributed by atoms with Gasteiger partial charge in [0, 0.05) is 16.1 Å². The van der Waals surface area contributed by atoms with Crippen LogP contribution in [0.2, 0.25) is 5.02 Å². The third-order valence-electron chi connectivity index (χ3n) is 5.37. The highest BCUT2D eigenvalue weighted by molar-refractivity contribution is 6.30. The maximum atomic E-state index is 13.0. The van der Waals surface area contributed by atoms with E-state index in [0.717, 1.165) is 66.2 Å². The summed E-state index contributed by atoms with van der Waals surface area (Å²) in [6, 6.07) is 7.81. The number of aromatic nitrogens is 2. The normalized spacial score (nSPS) is 18.1. The summed E-state index contributed by atoms with van der Waals surface area (Å²) < 4.78 is 1.69. The Morgan fingerprint density at radius 1 is 0.920 bits per heavy atom. The molecule has 1 aromatic carbocycles. The van der Waals surface area contributed by atoms with Crippen molar-refractivity contribution in [3.05, 3.63) is 50.8 Å². The molecule has 4 rings (SSSR count). The zero-order valence-electron chi connectivity index (χ0n) is 14.5. The van der Waals surface area contributed by atoms with Crippen LogP contribution in [0.4, 0.5) is 0 Å². The number of hydrogen-bond acceptors (Lipinski definition) is 3. The van der Waals surface area contributed by atoms with Crippen LogP contribution in [0.5, 0.6) is 0 Å². The Kier molecular flexibility index (Phi) is 4.91. The Bertz CT molecular complexity index is 807.